The van der Waals surface area contributed by atoms with Gasteiger partial charge in [-0.25, -0.2) is 4.39 Å². The van der Waals surface area contributed by atoms with Crippen LogP contribution in [-0.2, 0) is 11.3 Å². The Morgan fingerprint density at radius 1 is 1.61 bits per heavy atom. The number of amidine groups is 1. The second-order valence-electron chi connectivity index (χ2n) is 4.26. The molecule has 1 aliphatic rings. The highest BCUT2D eigenvalue weighted by Gasteiger charge is 2.23. The SMILES string of the molecule is N=C(N)C1CN(Cc2cccc(F)c2Br)CCO1. The number of nitrogens with zero attached hydrogens (tertiary/aromatic N) is 1. The molecule has 6 heteroatoms. The van der Waals surface area contributed by atoms with Crippen LogP contribution in [0.5, 0.6) is 0 Å². The van der Waals surface area contributed by atoms with Crippen molar-refractivity contribution >= 4 is 21.8 Å². The van der Waals surface area contributed by atoms with Gasteiger partial charge in [-0.15, -0.1) is 0 Å². The molecule has 0 saturated carbocycles. The number of halogens is 2. The Bertz CT molecular complexity index is 455. The Labute approximate surface area is 114 Å². The van der Waals surface area contributed by atoms with E-state index in [0.717, 1.165) is 12.1 Å². The molecule has 1 aromatic carbocycles. The molecule has 4 nitrogen and oxygen atoms in total. The third-order valence-electron chi connectivity index (χ3n) is 2.92. The minimum absolute atomic E-state index is 0.0398. The van der Waals surface area contributed by atoms with E-state index in [0.29, 0.717) is 24.2 Å². The highest BCUT2D eigenvalue weighted by atomic mass is 79.9. The molecule has 1 atom stereocenters. The summed E-state index contributed by atoms with van der Waals surface area (Å²) in [5.74, 6) is -0.220. The summed E-state index contributed by atoms with van der Waals surface area (Å²) < 4.78 is 19.3. The Morgan fingerprint density at radius 3 is 3.11 bits per heavy atom. The van der Waals surface area contributed by atoms with Crippen molar-refractivity contribution in [1.29, 1.82) is 5.41 Å². The van der Waals surface area contributed by atoms with Crippen molar-refractivity contribution < 1.29 is 9.13 Å². The molecule has 18 heavy (non-hydrogen) atoms. The molecule has 98 valence electrons. The zero-order chi connectivity index (χ0) is 13.1. The van der Waals surface area contributed by atoms with E-state index in [-0.39, 0.29) is 17.8 Å². The van der Waals surface area contributed by atoms with Crippen LogP contribution in [0.3, 0.4) is 0 Å². The number of nitrogens with one attached hydrogen (secondary N) is 1. The Morgan fingerprint density at radius 2 is 2.39 bits per heavy atom. The second kappa shape index (κ2) is 5.77. The first-order valence-electron chi connectivity index (χ1n) is 5.68. The van der Waals surface area contributed by atoms with Crippen LogP contribution in [0.1, 0.15) is 5.56 Å². The summed E-state index contributed by atoms with van der Waals surface area (Å²) in [6.45, 7) is 2.48. The van der Waals surface area contributed by atoms with Crippen molar-refractivity contribution in [1.82, 2.24) is 4.90 Å². The zero-order valence-corrected chi connectivity index (χ0v) is 11.4. The lowest BCUT2D eigenvalue weighted by molar-refractivity contribution is 0.00226. The number of benzene rings is 1. The molecule has 1 fully saturated rings. The van der Waals surface area contributed by atoms with E-state index in [1.54, 1.807) is 6.07 Å². The van der Waals surface area contributed by atoms with Crippen LogP contribution in [0.25, 0.3) is 0 Å². The molecule has 0 bridgehead atoms. The fourth-order valence-corrected chi connectivity index (χ4v) is 2.34. The molecule has 1 heterocycles. The van der Waals surface area contributed by atoms with E-state index in [1.807, 2.05) is 6.07 Å². The van der Waals surface area contributed by atoms with Crippen LogP contribution in [-0.4, -0.2) is 36.5 Å². The molecule has 0 spiro atoms. The number of morpholine rings is 1. The number of hydrogen-bond acceptors (Lipinski definition) is 3. The first-order valence-corrected chi connectivity index (χ1v) is 6.48. The summed E-state index contributed by atoms with van der Waals surface area (Å²) in [5, 5.41) is 7.39. The van der Waals surface area contributed by atoms with Crippen LogP contribution < -0.4 is 5.73 Å². The van der Waals surface area contributed by atoms with Gasteiger partial charge in [0.2, 0.25) is 0 Å². The fourth-order valence-electron chi connectivity index (χ4n) is 1.95. The van der Waals surface area contributed by atoms with Crippen molar-refractivity contribution in [2.45, 2.75) is 12.6 Å². The summed E-state index contributed by atoms with van der Waals surface area (Å²) in [6.07, 6.45) is -0.355. The van der Waals surface area contributed by atoms with Gasteiger partial charge in [0.1, 0.15) is 17.8 Å². The first kappa shape index (κ1) is 13.5. The molecule has 3 N–H and O–H groups in total. The van der Waals surface area contributed by atoms with Gasteiger partial charge >= 0.3 is 0 Å². The molecular formula is C12H15BrFN3O. The van der Waals surface area contributed by atoms with Gasteiger partial charge in [-0.05, 0) is 27.6 Å². The van der Waals surface area contributed by atoms with Crippen LogP contribution in [0.4, 0.5) is 4.39 Å². The summed E-state index contributed by atoms with van der Waals surface area (Å²) in [5.41, 5.74) is 6.33. The van der Waals surface area contributed by atoms with Crippen molar-refractivity contribution in [3.8, 4) is 0 Å². The molecule has 1 saturated heterocycles. The molecular weight excluding hydrogens is 301 g/mol. The monoisotopic (exact) mass is 315 g/mol. The fraction of sp³-hybridized carbons (Fsp3) is 0.417. The second-order valence-corrected chi connectivity index (χ2v) is 5.06. The molecule has 1 unspecified atom stereocenters. The lowest BCUT2D eigenvalue weighted by atomic mass is 10.2. The Kier molecular flexibility index (Phi) is 4.31. The third-order valence-corrected chi connectivity index (χ3v) is 3.81. The highest BCUT2D eigenvalue weighted by Crippen LogP contribution is 2.22. The van der Waals surface area contributed by atoms with E-state index in [9.17, 15) is 4.39 Å². The van der Waals surface area contributed by atoms with Crippen LogP contribution in [0.2, 0.25) is 0 Å². The van der Waals surface area contributed by atoms with E-state index >= 15 is 0 Å². The van der Waals surface area contributed by atoms with Crippen molar-refractivity contribution in [3.05, 3.63) is 34.1 Å². The van der Waals surface area contributed by atoms with Gasteiger partial charge in [0.15, 0.2) is 0 Å². The van der Waals surface area contributed by atoms with Gasteiger partial charge < -0.3 is 10.5 Å². The molecule has 1 aromatic rings. The molecule has 0 aromatic heterocycles. The number of rotatable bonds is 3. The lowest BCUT2D eigenvalue weighted by Gasteiger charge is -2.32. The van der Waals surface area contributed by atoms with Gasteiger partial charge in [-0.3, -0.25) is 10.3 Å². The van der Waals surface area contributed by atoms with Gasteiger partial charge in [0, 0.05) is 19.6 Å². The maximum Gasteiger partial charge on any atom is 0.137 e. The maximum atomic E-state index is 13.4. The molecule has 1 aliphatic heterocycles. The molecule has 0 amide bonds. The lowest BCUT2D eigenvalue weighted by Crippen LogP contribution is -2.47. The van der Waals surface area contributed by atoms with Gasteiger partial charge in [-0.2, -0.15) is 0 Å². The van der Waals surface area contributed by atoms with Gasteiger partial charge in [0.05, 0.1) is 11.1 Å². The average Bonchev–Trinajstić information content (AvgIpc) is 2.35. The van der Waals surface area contributed by atoms with Crippen molar-refractivity contribution in [2.24, 2.45) is 5.73 Å². The van der Waals surface area contributed by atoms with E-state index < -0.39 is 0 Å². The van der Waals surface area contributed by atoms with Crippen LogP contribution >= 0.6 is 15.9 Å². The van der Waals surface area contributed by atoms with Gasteiger partial charge in [0.25, 0.3) is 0 Å². The van der Waals surface area contributed by atoms with Crippen molar-refractivity contribution in [3.63, 3.8) is 0 Å². The Balaban J connectivity index is 2.05. The molecule has 0 aliphatic carbocycles. The van der Waals surface area contributed by atoms with E-state index in [4.69, 9.17) is 15.9 Å². The van der Waals surface area contributed by atoms with E-state index in [1.165, 1.54) is 6.07 Å². The molecule has 0 radical (unpaired) electrons. The first-order chi connectivity index (χ1) is 8.58. The number of hydrogen-bond donors (Lipinski definition) is 2. The zero-order valence-electron chi connectivity index (χ0n) is 9.83. The predicted octanol–water partition coefficient (Wildman–Crippen LogP) is 1.72. The number of ether oxygens (including phenoxy) is 1. The number of nitrogens with two attached hydrogens (primary N) is 1. The van der Waals surface area contributed by atoms with Crippen LogP contribution in [0.15, 0.2) is 22.7 Å². The maximum absolute atomic E-state index is 13.4. The smallest absolute Gasteiger partial charge is 0.137 e. The van der Waals surface area contributed by atoms with Crippen molar-refractivity contribution in [2.75, 3.05) is 19.7 Å². The summed E-state index contributed by atoms with van der Waals surface area (Å²) >= 11 is 3.25. The predicted molar refractivity (Wildman–Crippen MR) is 71.0 cm³/mol. The quantitative estimate of drug-likeness (QED) is 0.659. The standard InChI is InChI=1S/C12H15BrFN3O/c13-11-8(2-1-3-9(11)14)6-17-4-5-18-10(7-17)12(15)16/h1-3,10H,4-7H2,(H3,15,16). The highest BCUT2D eigenvalue weighted by molar-refractivity contribution is 9.10. The third kappa shape index (κ3) is 3.07. The average molecular weight is 316 g/mol. The summed E-state index contributed by atoms with van der Waals surface area (Å²) in [7, 11) is 0. The largest absolute Gasteiger partial charge is 0.385 e. The topological polar surface area (TPSA) is 62.3 Å². The van der Waals surface area contributed by atoms with Crippen LogP contribution in [0, 0.1) is 11.2 Å². The van der Waals surface area contributed by atoms with E-state index in [2.05, 4.69) is 20.8 Å². The minimum atomic E-state index is -0.355. The normalized spacial score (nSPS) is 20.9. The van der Waals surface area contributed by atoms with Gasteiger partial charge in [-0.1, -0.05) is 12.1 Å². The summed E-state index contributed by atoms with van der Waals surface area (Å²) in [6, 6.07) is 5.00. The Hall–Kier alpha value is -0.980. The summed E-state index contributed by atoms with van der Waals surface area (Å²) in [4.78, 5) is 2.11. The molecule has 2 rings (SSSR count). The minimum Gasteiger partial charge on any atom is -0.385 e.